The van der Waals surface area contributed by atoms with Crippen molar-refractivity contribution in [1.29, 1.82) is 0 Å². The van der Waals surface area contributed by atoms with Crippen molar-refractivity contribution in [2.75, 3.05) is 0 Å². The van der Waals surface area contributed by atoms with E-state index in [0.29, 0.717) is 11.5 Å². The Kier molecular flexibility index (Phi) is 5.86. The van der Waals surface area contributed by atoms with Crippen LogP contribution in [0.4, 0.5) is 0 Å². The van der Waals surface area contributed by atoms with Gasteiger partial charge in [-0.05, 0) is 35.4 Å². The van der Waals surface area contributed by atoms with Crippen LogP contribution in [0.15, 0.2) is 55.8 Å². The second kappa shape index (κ2) is 8.07. The monoisotopic (exact) mass is 344 g/mol. The lowest BCUT2D eigenvalue weighted by molar-refractivity contribution is 0.475. The van der Waals surface area contributed by atoms with Gasteiger partial charge in [0, 0.05) is 16.5 Å². The van der Waals surface area contributed by atoms with E-state index in [-0.39, 0.29) is 5.41 Å². The van der Waals surface area contributed by atoms with Gasteiger partial charge in [0.2, 0.25) is 0 Å². The normalized spacial score (nSPS) is 10.2. The summed E-state index contributed by atoms with van der Waals surface area (Å²) in [4.78, 5) is 10.4. The molecule has 0 saturated carbocycles. The van der Waals surface area contributed by atoms with E-state index in [1.165, 1.54) is 0 Å². The molecule has 3 heteroatoms. The Morgan fingerprint density at radius 1 is 1.00 bits per heavy atom. The van der Waals surface area contributed by atoms with E-state index in [2.05, 4.69) is 33.1 Å². The zero-order valence-corrected chi connectivity index (χ0v) is 14.9. The first-order valence-electron chi connectivity index (χ1n) is 8.00. The van der Waals surface area contributed by atoms with Crippen LogP contribution >= 0.6 is 0 Å². The van der Waals surface area contributed by atoms with Gasteiger partial charge >= 0.3 is 0 Å². The van der Waals surface area contributed by atoms with E-state index >= 15 is 0 Å². The Bertz CT molecular complexity index is 923. The third-order valence-corrected chi connectivity index (χ3v) is 4.31. The van der Waals surface area contributed by atoms with Gasteiger partial charge in [0.1, 0.15) is 17.6 Å². The molecule has 0 N–H and O–H groups in total. The Labute approximate surface area is 154 Å². The summed E-state index contributed by atoms with van der Waals surface area (Å²) in [7, 11) is 0. The van der Waals surface area contributed by atoms with E-state index in [0.717, 1.165) is 28.5 Å². The SMILES string of the molecule is C#COc1ccc(C(C)(C)c2ccc(OC=C=O)c(C=C)c2)cc1C=C. The van der Waals surface area contributed by atoms with Crippen molar-refractivity contribution < 1.29 is 14.3 Å². The standard InChI is InChI=1S/C23H20O3/c1-6-17-15-19(9-11-21(17)25-8-3)23(4,5)20-10-12-22(26-14-13-24)18(7-2)16-20/h3,6-7,9-12,14-16H,1-2H2,4-5H3. The van der Waals surface area contributed by atoms with Crippen molar-refractivity contribution in [1.82, 2.24) is 0 Å². The molecule has 0 aliphatic heterocycles. The van der Waals surface area contributed by atoms with Crippen molar-refractivity contribution in [3.8, 4) is 24.0 Å². The summed E-state index contributed by atoms with van der Waals surface area (Å²) >= 11 is 0. The average Bonchev–Trinajstić information content (AvgIpc) is 2.66. The molecule has 0 aromatic heterocycles. The van der Waals surface area contributed by atoms with E-state index in [4.69, 9.17) is 15.9 Å². The topological polar surface area (TPSA) is 35.5 Å². The fourth-order valence-electron chi connectivity index (χ4n) is 2.71. The molecule has 2 aromatic rings. The second-order valence-electron chi connectivity index (χ2n) is 6.11. The molecular weight excluding hydrogens is 324 g/mol. The molecule has 2 aromatic carbocycles. The molecule has 3 nitrogen and oxygen atoms in total. The van der Waals surface area contributed by atoms with E-state index in [1.54, 1.807) is 18.1 Å². The van der Waals surface area contributed by atoms with E-state index in [1.807, 2.05) is 36.4 Å². The van der Waals surface area contributed by atoms with Gasteiger partial charge in [-0.3, -0.25) is 0 Å². The first-order valence-corrected chi connectivity index (χ1v) is 8.00. The number of ether oxygens (including phenoxy) is 2. The summed E-state index contributed by atoms with van der Waals surface area (Å²) < 4.78 is 10.4. The van der Waals surface area contributed by atoms with Gasteiger partial charge in [-0.1, -0.05) is 57.7 Å². The predicted octanol–water partition coefficient (Wildman–Crippen LogP) is 4.99. The van der Waals surface area contributed by atoms with Crippen molar-refractivity contribution in [2.24, 2.45) is 0 Å². The smallest absolute Gasteiger partial charge is 0.174 e. The third kappa shape index (κ3) is 3.78. The molecule has 0 unspecified atom stereocenters. The molecule has 0 radical (unpaired) electrons. The van der Waals surface area contributed by atoms with Gasteiger partial charge in [-0.2, -0.15) is 0 Å². The van der Waals surface area contributed by atoms with Crippen molar-refractivity contribution in [2.45, 2.75) is 19.3 Å². The highest BCUT2D eigenvalue weighted by Crippen LogP contribution is 2.36. The number of rotatable bonds is 7. The zero-order valence-electron chi connectivity index (χ0n) is 14.9. The fourth-order valence-corrected chi connectivity index (χ4v) is 2.71. The molecule has 0 fully saturated rings. The molecule has 0 heterocycles. The molecule has 0 bridgehead atoms. The molecular formula is C23H20O3. The molecule has 0 amide bonds. The van der Waals surface area contributed by atoms with Crippen LogP contribution in [0, 0.1) is 12.5 Å². The van der Waals surface area contributed by atoms with Gasteiger partial charge in [0.15, 0.2) is 12.2 Å². The minimum Gasteiger partial charge on any atom is -0.453 e. The van der Waals surface area contributed by atoms with E-state index < -0.39 is 0 Å². The van der Waals surface area contributed by atoms with Crippen LogP contribution in [0.1, 0.15) is 36.1 Å². The van der Waals surface area contributed by atoms with Gasteiger partial charge in [0.05, 0.1) is 0 Å². The van der Waals surface area contributed by atoms with Crippen LogP contribution in [-0.4, -0.2) is 5.94 Å². The first kappa shape index (κ1) is 18.9. The number of benzene rings is 2. The van der Waals surface area contributed by atoms with Crippen molar-refractivity contribution in [3.05, 3.63) is 78.1 Å². The highest BCUT2D eigenvalue weighted by atomic mass is 16.5. The summed E-state index contributed by atoms with van der Waals surface area (Å²) in [5.41, 5.74) is 3.46. The minimum absolute atomic E-state index is 0.302. The summed E-state index contributed by atoms with van der Waals surface area (Å²) in [6.07, 6.45) is 11.8. The maximum absolute atomic E-state index is 10.4. The van der Waals surface area contributed by atoms with Crippen molar-refractivity contribution >= 4 is 18.1 Å². The number of terminal acetylenes is 1. The predicted molar refractivity (Wildman–Crippen MR) is 106 cm³/mol. The minimum atomic E-state index is -0.302. The molecule has 0 aliphatic rings. The zero-order chi connectivity index (χ0) is 19.2. The Hall–Kier alpha value is -3.47. The number of hydrogen-bond acceptors (Lipinski definition) is 3. The maximum atomic E-state index is 10.4. The summed E-state index contributed by atoms with van der Waals surface area (Å²) in [6, 6.07) is 11.6. The molecule has 2 rings (SSSR count). The largest absolute Gasteiger partial charge is 0.453 e. The maximum Gasteiger partial charge on any atom is 0.174 e. The number of hydrogen-bond donors (Lipinski definition) is 0. The van der Waals surface area contributed by atoms with Gasteiger partial charge in [0.25, 0.3) is 0 Å². The highest BCUT2D eigenvalue weighted by Gasteiger charge is 2.25. The quantitative estimate of drug-likeness (QED) is 0.403. The lowest BCUT2D eigenvalue weighted by Gasteiger charge is -2.27. The molecule has 26 heavy (non-hydrogen) atoms. The van der Waals surface area contributed by atoms with Gasteiger partial charge in [-0.25, -0.2) is 4.79 Å². The van der Waals surface area contributed by atoms with Crippen molar-refractivity contribution in [3.63, 3.8) is 0 Å². The molecule has 0 saturated heterocycles. The van der Waals surface area contributed by atoms with Crippen LogP contribution in [0.3, 0.4) is 0 Å². The molecule has 130 valence electrons. The fraction of sp³-hybridized carbons (Fsp3) is 0.130. The average molecular weight is 344 g/mol. The molecule has 0 spiro atoms. The van der Waals surface area contributed by atoms with Gasteiger partial charge in [-0.15, -0.1) is 0 Å². The summed E-state index contributed by atoms with van der Waals surface area (Å²) in [5.74, 6) is 2.74. The molecule has 0 aliphatic carbocycles. The number of carbonyl (C=O) groups excluding carboxylic acids is 1. The lowest BCUT2D eigenvalue weighted by Crippen LogP contribution is -2.19. The highest BCUT2D eigenvalue weighted by molar-refractivity contribution is 5.61. The van der Waals surface area contributed by atoms with Gasteiger partial charge < -0.3 is 9.47 Å². The van der Waals surface area contributed by atoms with Crippen LogP contribution in [0.2, 0.25) is 0 Å². The second-order valence-corrected chi connectivity index (χ2v) is 6.11. The van der Waals surface area contributed by atoms with E-state index in [9.17, 15) is 4.79 Å². The Morgan fingerprint density at radius 3 is 2.04 bits per heavy atom. The lowest BCUT2D eigenvalue weighted by atomic mass is 9.77. The third-order valence-electron chi connectivity index (χ3n) is 4.31. The summed E-state index contributed by atoms with van der Waals surface area (Å²) in [5, 5.41) is 0. The Balaban J connectivity index is 2.49. The summed E-state index contributed by atoms with van der Waals surface area (Å²) in [6.45, 7) is 11.9. The molecule has 0 atom stereocenters. The van der Waals surface area contributed by atoms with Crippen LogP contribution < -0.4 is 9.47 Å². The van der Waals surface area contributed by atoms with Crippen LogP contribution in [0.5, 0.6) is 11.5 Å². The Morgan fingerprint density at radius 2 is 1.54 bits per heavy atom. The van der Waals surface area contributed by atoms with Crippen LogP contribution in [-0.2, 0) is 10.2 Å². The van der Waals surface area contributed by atoms with Crippen LogP contribution in [0.25, 0.3) is 12.2 Å². The first-order chi connectivity index (χ1) is 12.5.